The van der Waals surface area contributed by atoms with Crippen molar-refractivity contribution < 1.29 is 5.11 Å². The number of benzene rings is 1. The van der Waals surface area contributed by atoms with Crippen LogP contribution in [0.15, 0.2) is 24.3 Å². The lowest BCUT2D eigenvalue weighted by Crippen LogP contribution is -2.29. The van der Waals surface area contributed by atoms with Crippen LogP contribution in [-0.4, -0.2) is 17.7 Å². The Morgan fingerprint density at radius 2 is 2.00 bits per heavy atom. The van der Waals surface area contributed by atoms with Crippen molar-refractivity contribution in [2.24, 2.45) is 0 Å². The van der Waals surface area contributed by atoms with E-state index < -0.39 is 0 Å². The van der Waals surface area contributed by atoms with Crippen LogP contribution in [0.25, 0.3) is 0 Å². The molecule has 17 heavy (non-hydrogen) atoms. The maximum atomic E-state index is 10.2. The molecule has 2 nitrogen and oxygen atoms in total. The lowest BCUT2D eigenvalue weighted by molar-refractivity contribution is 0.150. The van der Waals surface area contributed by atoms with Crippen LogP contribution in [0.4, 0.5) is 0 Å². The van der Waals surface area contributed by atoms with E-state index in [0.29, 0.717) is 6.04 Å². The van der Waals surface area contributed by atoms with Crippen LogP contribution in [0, 0.1) is 3.57 Å². The van der Waals surface area contributed by atoms with Crippen molar-refractivity contribution in [3.05, 3.63) is 33.4 Å². The molecule has 1 saturated heterocycles. The van der Waals surface area contributed by atoms with Gasteiger partial charge in [-0.15, -0.1) is 0 Å². The fourth-order valence-electron chi connectivity index (χ4n) is 2.39. The number of halogens is 1. The SMILES string of the molecule is OC(CC1CCCCCN1)c1ccc(I)cc1. The summed E-state index contributed by atoms with van der Waals surface area (Å²) in [4.78, 5) is 0. The van der Waals surface area contributed by atoms with Crippen LogP contribution >= 0.6 is 22.6 Å². The molecular weight excluding hydrogens is 325 g/mol. The van der Waals surface area contributed by atoms with E-state index in [1.807, 2.05) is 12.1 Å². The largest absolute Gasteiger partial charge is 0.388 e. The predicted octanol–water partition coefficient (Wildman–Crippen LogP) is 3.25. The van der Waals surface area contributed by atoms with E-state index in [1.165, 1.54) is 29.3 Å². The first-order valence-corrected chi connectivity index (χ1v) is 7.50. The summed E-state index contributed by atoms with van der Waals surface area (Å²) in [5.74, 6) is 0. The molecule has 0 amide bonds. The second-order valence-electron chi connectivity index (χ2n) is 4.80. The number of aliphatic hydroxyl groups excluding tert-OH is 1. The molecule has 1 aromatic rings. The first kappa shape index (κ1) is 13.3. The molecule has 2 N–H and O–H groups in total. The van der Waals surface area contributed by atoms with Crippen LogP contribution in [0.2, 0.25) is 0 Å². The minimum Gasteiger partial charge on any atom is -0.388 e. The Morgan fingerprint density at radius 3 is 2.76 bits per heavy atom. The van der Waals surface area contributed by atoms with E-state index in [9.17, 15) is 5.11 Å². The average Bonchev–Trinajstić information content (AvgIpc) is 2.58. The zero-order valence-corrected chi connectivity index (χ0v) is 12.2. The molecule has 3 heteroatoms. The molecule has 0 aliphatic carbocycles. The van der Waals surface area contributed by atoms with Crippen LogP contribution < -0.4 is 5.32 Å². The van der Waals surface area contributed by atoms with Gasteiger partial charge in [0.15, 0.2) is 0 Å². The third kappa shape index (κ3) is 4.23. The Bertz CT molecular complexity index is 331. The first-order valence-electron chi connectivity index (χ1n) is 6.42. The van der Waals surface area contributed by atoms with Gasteiger partial charge in [0.25, 0.3) is 0 Å². The van der Waals surface area contributed by atoms with Crippen molar-refractivity contribution in [1.29, 1.82) is 0 Å². The summed E-state index contributed by atoms with van der Waals surface area (Å²) < 4.78 is 1.21. The highest BCUT2D eigenvalue weighted by molar-refractivity contribution is 14.1. The topological polar surface area (TPSA) is 32.3 Å². The monoisotopic (exact) mass is 345 g/mol. The molecule has 0 bridgehead atoms. The van der Waals surface area contributed by atoms with Gasteiger partial charge in [0.2, 0.25) is 0 Å². The van der Waals surface area contributed by atoms with Crippen LogP contribution in [0.5, 0.6) is 0 Å². The summed E-state index contributed by atoms with van der Waals surface area (Å²) in [7, 11) is 0. The number of hydrogen-bond donors (Lipinski definition) is 2. The molecule has 94 valence electrons. The van der Waals surface area contributed by atoms with Crippen molar-refractivity contribution in [2.45, 2.75) is 44.2 Å². The average molecular weight is 345 g/mol. The lowest BCUT2D eigenvalue weighted by Gasteiger charge is -2.20. The van der Waals surface area contributed by atoms with Crippen molar-refractivity contribution in [3.63, 3.8) is 0 Å². The van der Waals surface area contributed by atoms with Gasteiger partial charge < -0.3 is 10.4 Å². The maximum absolute atomic E-state index is 10.2. The van der Waals surface area contributed by atoms with Gasteiger partial charge in [-0.05, 0) is 66.1 Å². The van der Waals surface area contributed by atoms with E-state index in [1.54, 1.807) is 0 Å². The molecule has 2 rings (SSSR count). The minimum atomic E-state index is -0.331. The first-order chi connectivity index (χ1) is 8.25. The highest BCUT2D eigenvalue weighted by Crippen LogP contribution is 2.22. The standard InChI is InChI=1S/C14H20INO/c15-12-7-5-11(6-8-12)14(17)10-13-4-2-1-3-9-16-13/h5-8,13-14,16-17H,1-4,9-10H2. The van der Waals surface area contributed by atoms with E-state index in [4.69, 9.17) is 0 Å². The molecule has 0 radical (unpaired) electrons. The van der Waals surface area contributed by atoms with Gasteiger partial charge >= 0.3 is 0 Å². The summed E-state index contributed by atoms with van der Waals surface area (Å²) in [6, 6.07) is 8.65. The van der Waals surface area contributed by atoms with E-state index >= 15 is 0 Å². The summed E-state index contributed by atoms with van der Waals surface area (Å²) in [6.45, 7) is 1.10. The molecule has 1 aliphatic rings. The molecule has 1 heterocycles. The van der Waals surface area contributed by atoms with Crippen LogP contribution in [-0.2, 0) is 0 Å². The quantitative estimate of drug-likeness (QED) is 0.825. The van der Waals surface area contributed by atoms with Gasteiger partial charge in [-0.3, -0.25) is 0 Å². The van der Waals surface area contributed by atoms with Gasteiger partial charge in [-0.25, -0.2) is 0 Å². The molecular formula is C14H20INO. The van der Waals surface area contributed by atoms with E-state index in [-0.39, 0.29) is 6.10 Å². The van der Waals surface area contributed by atoms with Gasteiger partial charge in [-0.2, -0.15) is 0 Å². The highest BCUT2D eigenvalue weighted by atomic mass is 127. The molecule has 2 atom stereocenters. The summed E-state index contributed by atoms with van der Waals surface area (Å²) >= 11 is 2.29. The predicted molar refractivity (Wildman–Crippen MR) is 79.0 cm³/mol. The Morgan fingerprint density at radius 1 is 1.24 bits per heavy atom. The minimum absolute atomic E-state index is 0.331. The van der Waals surface area contributed by atoms with Crippen molar-refractivity contribution in [1.82, 2.24) is 5.32 Å². The summed E-state index contributed by atoms with van der Waals surface area (Å²) in [6.07, 6.45) is 5.58. The van der Waals surface area contributed by atoms with Crippen molar-refractivity contribution in [3.8, 4) is 0 Å². The van der Waals surface area contributed by atoms with Gasteiger partial charge in [0.05, 0.1) is 6.10 Å². The van der Waals surface area contributed by atoms with E-state index in [2.05, 4.69) is 40.0 Å². The molecule has 1 fully saturated rings. The van der Waals surface area contributed by atoms with Crippen molar-refractivity contribution in [2.75, 3.05) is 6.54 Å². The van der Waals surface area contributed by atoms with Gasteiger partial charge in [-0.1, -0.05) is 25.0 Å². The Labute approximate surface area is 117 Å². The molecule has 0 aromatic heterocycles. The number of aliphatic hydroxyl groups is 1. The summed E-state index contributed by atoms with van der Waals surface area (Å²) in [5, 5.41) is 13.7. The van der Waals surface area contributed by atoms with Crippen LogP contribution in [0.1, 0.15) is 43.8 Å². The van der Waals surface area contributed by atoms with Gasteiger partial charge in [0, 0.05) is 9.61 Å². The smallest absolute Gasteiger partial charge is 0.0804 e. The number of rotatable bonds is 3. The van der Waals surface area contributed by atoms with Gasteiger partial charge in [0.1, 0.15) is 0 Å². The second-order valence-corrected chi connectivity index (χ2v) is 6.05. The fourth-order valence-corrected chi connectivity index (χ4v) is 2.75. The molecule has 2 unspecified atom stereocenters. The summed E-state index contributed by atoms with van der Waals surface area (Å²) in [5.41, 5.74) is 1.04. The highest BCUT2D eigenvalue weighted by Gasteiger charge is 2.17. The Kier molecular flexibility index (Phi) is 5.25. The molecule has 1 aromatic carbocycles. The third-order valence-corrected chi connectivity index (χ3v) is 4.14. The maximum Gasteiger partial charge on any atom is 0.0804 e. The molecule has 0 saturated carbocycles. The zero-order valence-electron chi connectivity index (χ0n) is 10.0. The second kappa shape index (κ2) is 6.71. The lowest BCUT2D eigenvalue weighted by atomic mass is 9.99. The molecule has 0 spiro atoms. The number of hydrogen-bond acceptors (Lipinski definition) is 2. The van der Waals surface area contributed by atoms with Crippen molar-refractivity contribution >= 4 is 22.6 Å². The zero-order chi connectivity index (χ0) is 12.1. The molecule has 1 aliphatic heterocycles. The van der Waals surface area contributed by atoms with Crippen LogP contribution in [0.3, 0.4) is 0 Å². The normalized spacial score (nSPS) is 23.1. The Balaban J connectivity index is 1.91. The fraction of sp³-hybridized carbons (Fsp3) is 0.571. The van der Waals surface area contributed by atoms with E-state index in [0.717, 1.165) is 18.5 Å². The third-order valence-electron chi connectivity index (χ3n) is 3.42. The number of nitrogens with one attached hydrogen (secondary N) is 1. The Hall–Kier alpha value is -0.130.